The van der Waals surface area contributed by atoms with Crippen LogP contribution in [0.3, 0.4) is 0 Å². The lowest BCUT2D eigenvalue weighted by Gasteiger charge is -2.12. The zero-order valence-corrected chi connectivity index (χ0v) is 15.4. The molecule has 7 nitrogen and oxygen atoms in total. The number of hydrogen-bond donors (Lipinski definition) is 2. The molecule has 0 aliphatic carbocycles. The highest BCUT2D eigenvalue weighted by Crippen LogP contribution is 2.13. The highest BCUT2D eigenvalue weighted by atomic mass is 32.2. The summed E-state index contributed by atoms with van der Waals surface area (Å²) in [6, 6.07) is 11.3. The van der Waals surface area contributed by atoms with Gasteiger partial charge in [-0.3, -0.25) is 4.79 Å². The van der Waals surface area contributed by atoms with Gasteiger partial charge in [-0.2, -0.15) is 0 Å². The van der Waals surface area contributed by atoms with Gasteiger partial charge in [0.1, 0.15) is 5.69 Å². The van der Waals surface area contributed by atoms with Crippen molar-refractivity contribution in [2.24, 2.45) is 0 Å². The van der Waals surface area contributed by atoms with E-state index in [4.69, 9.17) is 0 Å². The predicted octanol–water partition coefficient (Wildman–Crippen LogP) is 1.36. The van der Waals surface area contributed by atoms with Crippen LogP contribution >= 0.6 is 0 Å². The largest absolute Gasteiger partial charge is 0.354 e. The summed E-state index contributed by atoms with van der Waals surface area (Å²) in [7, 11) is -3.04. The number of rotatable bonds is 6. The molecule has 3 rings (SSSR count). The molecule has 1 fully saturated rings. The van der Waals surface area contributed by atoms with Gasteiger partial charge in [-0.05, 0) is 31.4 Å². The number of amides is 1. The number of sulfone groups is 1. The average Bonchev–Trinajstić information content (AvgIpc) is 2.94. The van der Waals surface area contributed by atoms with Crippen molar-refractivity contribution in [2.45, 2.75) is 25.8 Å². The fourth-order valence-electron chi connectivity index (χ4n) is 2.90. The highest BCUT2D eigenvalue weighted by molar-refractivity contribution is 7.91. The predicted molar refractivity (Wildman–Crippen MR) is 99.9 cm³/mol. The van der Waals surface area contributed by atoms with Crippen molar-refractivity contribution in [3.63, 3.8) is 0 Å². The van der Waals surface area contributed by atoms with Crippen LogP contribution in [-0.4, -0.2) is 48.4 Å². The minimum atomic E-state index is -3.04. The third-order valence-electron chi connectivity index (χ3n) is 4.19. The molecule has 0 saturated carbocycles. The smallest absolute Gasteiger partial charge is 0.270 e. The molecular formula is C18H22N4O3S. The van der Waals surface area contributed by atoms with Crippen LogP contribution in [0.2, 0.25) is 0 Å². The van der Waals surface area contributed by atoms with Gasteiger partial charge in [-0.25, -0.2) is 18.4 Å². The molecule has 2 heterocycles. The maximum atomic E-state index is 12.4. The van der Waals surface area contributed by atoms with E-state index < -0.39 is 9.84 Å². The topological polar surface area (TPSA) is 101 Å². The number of carbonyl (C=O) groups excluding carboxylic acids is 1. The Morgan fingerprint density at radius 3 is 2.69 bits per heavy atom. The Balaban J connectivity index is 1.60. The number of aryl methyl sites for hydroxylation is 1. The van der Waals surface area contributed by atoms with E-state index in [2.05, 4.69) is 20.6 Å². The molecule has 8 heteroatoms. The van der Waals surface area contributed by atoms with Crippen LogP contribution < -0.4 is 10.6 Å². The average molecular weight is 374 g/mol. The van der Waals surface area contributed by atoms with Crippen LogP contribution in [0.1, 0.15) is 28.2 Å². The van der Waals surface area contributed by atoms with Crippen LogP contribution in [-0.2, 0) is 16.3 Å². The van der Waals surface area contributed by atoms with Crippen molar-refractivity contribution in [3.8, 4) is 0 Å². The number of anilines is 1. The molecule has 26 heavy (non-hydrogen) atoms. The van der Waals surface area contributed by atoms with Crippen LogP contribution in [0, 0.1) is 6.92 Å². The van der Waals surface area contributed by atoms with Crippen molar-refractivity contribution < 1.29 is 13.2 Å². The molecule has 1 aliphatic rings. The SMILES string of the molecule is Cc1cc(C(=O)NC2CCS(=O)(=O)C2)nc(NCCc2ccccc2)n1. The van der Waals surface area contributed by atoms with Gasteiger partial charge < -0.3 is 10.6 Å². The minimum Gasteiger partial charge on any atom is -0.354 e. The molecule has 2 N–H and O–H groups in total. The normalized spacial score (nSPS) is 18.4. The van der Waals surface area contributed by atoms with E-state index in [-0.39, 0.29) is 29.1 Å². The number of aromatic nitrogens is 2. The van der Waals surface area contributed by atoms with E-state index in [9.17, 15) is 13.2 Å². The van der Waals surface area contributed by atoms with E-state index in [0.29, 0.717) is 24.6 Å². The molecule has 138 valence electrons. The first-order chi connectivity index (χ1) is 12.4. The lowest BCUT2D eigenvalue weighted by Crippen LogP contribution is -2.36. The summed E-state index contributed by atoms with van der Waals surface area (Å²) in [6.45, 7) is 2.44. The van der Waals surface area contributed by atoms with Crippen molar-refractivity contribution in [2.75, 3.05) is 23.4 Å². The van der Waals surface area contributed by atoms with Gasteiger partial charge in [0.25, 0.3) is 5.91 Å². The van der Waals surface area contributed by atoms with Crippen molar-refractivity contribution in [3.05, 3.63) is 53.3 Å². The highest BCUT2D eigenvalue weighted by Gasteiger charge is 2.29. The van der Waals surface area contributed by atoms with Crippen molar-refractivity contribution >= 4 is 21.7 Å². The summed E-state index contributed by atoms with van der Waals surface area (Å²) in [4.78, 5) is 21.0. The Bertz CT molecular complexity index is 885. The number of carbonyl (C=O) groups is 1. The molecular weight excluding hydrogens is 352 g/mol. The Kier molecular flexibility index (Phi) is 5.51. The van der Waals surface area contributed by atoms with Gasteiger partial charge >= 0.3 is 0 Å². The molecule has 1 unspecified atom stereocenters. The third kappa shape index (κ3) is 5.01. The fourth-order valence-corrected chi connectivity index (χ4v) is 4.57. The van der Waals surface area contributed by atoms with Crippen molar-refractivity contribution in [1.82, 2.24) is 15.3 Å². The molecule has 0 bridgehead atoms. The van der Waals surface area contributed by atoms with Gasteiger partial charge in [-0.15, -0.1) is 0 Å². The summed E-state index contributed by atoms with van der Waals surface area (Å²) in [6.07, 6.45) is 1.26. The first-order valence-corrected chi connectivity index (χ1v) is 10.4. The van der Waals surface area contributed by atoms with Crippen LogP contribution in [0.15, 0.2) is 36.4 Å². The molecule has 0 radical (unpaired) electrons. The lowest BCUT2D eigenvalue weighted by atomic mass is 10.1. The van der Waals surface area contributed by atoms with Gasteiger partial charge in [0.05, 0.1) is 11.5 Å². The zero-order chi connectivity index (χ0) is 18.6. The first-order valence-electron chi connectivity index (χ1n) is 8.56. The second-order valence-corrected chi connectivity index (χ2v) is 8.68. The van der Waals surface area contributed by atoms with Gasteiger partial charge in [-0.1, -0.05) is 30.3 Å². The van der Waals surface area contributed by atoms with Crippen LogP contribution in [0.25, 0.3) is 0 Å². The molecule has 1 amide bonds. The maximum Gasteiger partial charge on any atom is 0.270 e. The molecule has 1 atom stereocenters. The second kappa shape index (κ2) is 7.82. The fraction of sp³-hybridized carbons (Fsp3) is 0.389. The van der Waals surface area contributed by atoms with E-state index in [1.807, 2.05) is 30.3 Å². The Labute approximate surface area is 153 Å². The summed E-state index contributed by atoms with van der Waals surface area (Å²) in [5, 5.41) is 5.89. The van der Waals surface area contributed by atoms with Gasteiger partial charge in [0.2, 0.25) is 5.95 Å². The third-order valence-corrected chi connectivity index (χ3v) is 5.96. The number of hydrogen-bond acceptors (Lipinski definition) is 6. The summed E-state index contributed by atoms with van der Waals surface area (Å²) in [5.74, 6) is 0.131. The number of nitrogens with one attached hydrogen (secondary N) is 2. The van der Waals surface area contributed by atoms with E-state index >= 15 is 0 Å². The van der Waals surface area contributed by atoms with Gasteiger partial charge in [0, 0.05) is 18.3 Å². The molecule has 1 aromatic carbocycles. The lowest BCUT2D eigenvalue weighted by molar-refractivity contribution is 0.0936. The minimum absolute atomic E-state index is 0.00894. The first kappa shape index (κ1) is 18.3. The summed E-state index contributed by atoms with van der Waals surface area (Å²) >= 11 is 0. The Morgan fingerprint density at radius 2 is 2.00 bits per heavy atom. The van der Waals surface area contributed by atoms with E-state index in [1.165, 1.54) is 5.56 Å². The second-order valence-electron chi connectivity index (χ2n) is 6.45. The monoisotopic (exact) mass is 374 g/mol. The summed E-state index contributed by atoms with van der Waals surface area (Å²) in [5.41, 5.74) is 2.11. The molecule has 2 aromatic rings. The molecule has 1 aliphatic heterocycles. The van der Waals surface area contributed by atoms with Crippen LogP contribution in [0.4, 0.5) is 5.95 Å². The van der Waals surface area contributed by atoms with Gasteiger partial charge in [0.15, 0.2) is 9.84 Å². The standard InChI is InChI=1S/C18H22N4O3S/c1-13-11-16(17(23)21-15-8-10-26(24,25)12-15)22-18(20-13)19-9-7-14-5-3-2-4-6-14/h2-6,11,15H,7-10,12H2,1H3,(H,21,23)(H,19,20,22). The number of benzene rings is 1. The quantitative estimate of drug-likeness (QED) is 0.792. The van der Waals surface area contributed by atoms with Crippen LogP contribution in [0.5, 0.6) is 0 Å². The Morgan fingerprint density at radius 1 is 1.23 bits per heavy atom. The molecule has 0 spiro atoms. The van der Waals surface area contributed by atoms with E-state index in [1.54, 1.807) is 13.0 Å². The molecule has 1 aromatic heterocycles. The molecule has 1 saturated heterocycles. The van der Waals surface area contributed by atoms with E-state index in [0.717, 1.165) is 6.42 Å². The summed E-state index contributed by atoms with van der Waals surface area (Å²) < 4.78 is 23.0. The maximum absolute atomic E-state index is 12.4. The number of nitrogens with zero attached hydrogens (tertiary/aromatic N) is 2. The van der Waals surface area contributed by atoms with Crippen molar-refractivity contribution in [1.29, 1.82) is 0 Å². The Hall–Kier alpha value is -2.48. The zero-order valence-electron chi connectivity index (χ0n) is 14.6.